The number of benzene rings is 2. The van der Waals surface area contributed by atoms with Gasteiger partial charge in [0.2, 0.25) is 0 Å². The minimum atomic E-state index is -2.36. The summed E-state index contributed by atoms with van der Waals surface area (Å²) < 4.78 is 25.0. The Kier molecular flexibility index (Phi) is 6.73. The Morgan fingerprint density at radius 3 is 2.44 bits per heavy atom. The predicted molar refractivity (Wildman–Crippen MR) is 104 cm³/mol. The van der Waals surface area contributed by atoms with Gasteiger partial charge in [-0.05, 0) is 49.6 Å². The molecule has 2 rings (SSSR count). The lowest BCUT2D eigenvalue weighted by Crippen LogP contribution is -2.25. The van der Waals surface area contributed by atoms with Gasteiger partial charge in [0.05, 0.1) is 24.3 Å². The highest BCUT2D eigenvalue weighted by atomic mass is 32.2. The molecule has 0 aliphatic rings. The summed E-state index contributed by atoms with van der Waals surface area (Å²) in [5.74, 6) is 0. The summed E-state index contributed by atoms with van der Waals surface area (Å²) in [5.41, 5.74) is 4.27. The molecule has 1 atom stereocenters. The van der Waals surface area contributed by atoms with Gasteiger partial charge in [0, 0.05) is 24.9 Å². The van der Waals surface area contributed by atoms with Crippen molar-refractivity contribution in [3.8, 4) is 0 Å². The van der Waals surface area contributed by atoms with Gasteiger partial charge in [0.25, 0.3) is 0 Å². The lowest BCUT2D eigenvalue weighted by atomic mass is 10.1. The van der Waals surface area contributed by atoms with Crippen molar-refractivity contribution >= 4 is 29.0 Å². The van der Waals surface area contributed by atoms with Gasteiger partial charge in [-0.1, -0.05) is 30.3 Å². The van der Waals surface area contributed by atoms with E-state index in [1.54, 1.807) is 6.34 Å². The second-order valence-electron chi connectivity index (χ2n) is 5.98. The van der Waals surface area contributed by atoms with E-state index in [9.17, 15) is 8.76 Å². The van der Waals surface area contributed by atoms with E-state index in [-0.39, 0.29) is 0 Å². The molecular weight excluding hydrogens is 334 g/mol. The molecule has 134 valence electrons. The molecule has 0 aromatic heterocycles. The molecule has 5 nitrogen and oxygen atoms in total. The first-order valence-corrected chi connectivity index (χ1v) is 9.22. The van der Waals surface area contributed by atoms with Crippen LogP contribution in [0.25, 0.3) is 0 Å². The van der Waals surface area contributed by atoms with E-state index in [1.165, 1.54) is 4.31 Å². The van der Waals surface area contributed by atoms with Crippen molar-refractivity contribution in [2.24, 2.45) is 4.99 Å². The van der Waals surface area contributed by atoms with Crippen molar-refractivity contribution in [2.75, 3.05) is 17.9 Å². The molecule has 0 spiro atoms. The van der Waals surface area contributed by atoms with Crippen molar-refractivity contribution < 1.29 is 8.76 Å². The first-order valence-electron chi connectivity index (χ1n) is 8.19. The average molecular weight is 358 g/mol. The smallest absolute Gasteiger partial charge is 0.0909 e. The average Bonchev–Trinajstić information content (AvgIpc) is 2.60. The molecular formula is C19H24N3O2S-. The number of hydrogen-bond acceptors (Lipinski definition) is 3. The molecule has 0 bridgehead atoms. The highest BCUT2D eigenvalue weighted by Crippen LogP contribution is 2.30. The van der Waals surface area contributed by atoms with Crippen molar-refractivity contribution in [3.05, 3.63) is 59.2 Å². The SMILES string of the molecule is CCN(C)C=Nc1cc(C)c(N(Cc2ccccc2)S(=O)[O-])cc1C. The largest absolute Gasteiger partial charge is 0.755 e. The van der Waals surface area contributed by atoms with Crippen LogP contribution in [0.3, 0.4) is 0 Å². The van der Waals surface area contributed by atoms with Crippen molar-refractivity contribution in [3.63, 3.8) is 0 Å². The predicted octanol–water partition coefficient (Wildman–Crippen LogP) is 3.72. The fraction of sp³-hybridized carbons (Fsp3) is 0.316. The van der Waals surface area contributed by atoms with Crippen LogP contribution in [0.1, 0.15) is 23.6 Å². The number of aryl methyl sites for hydroxylation is 2. The monoisotopic (exact) mass is 358 g/mol. The molecule has 0 aliphatic heterocycles. The van der Waals surface area contributed by atoms with E-state index in [0.29, 0.717) is 12.2 Å². The molecule has 0 radical (unpaired) electrons. The Labute approximate surface area is 152 Å². The van der Waals surface area contributed by atoms with Crippen LogP contribution in [0.4, 0.5) is 11.4 Å². The number of aliphatic imine (C=N–C) groups is 1. The first-order chi connectivity index (χ1) is 11.9. The van der Waals surface area contributed by atoms with Crippen LogP contribution in [0.2, 0.25) is 0 Å². The lowest BCUT2D eigenvalue weighted by Gasteiger charge is -2.28. The van der Waals surface area contributed by atoms with Gasteiger partial charge in [0.15, 0.2) is 0 Å². The topological polar surface area (TPSA) is 59.0 Å². The minimum absolute atomic E-state index is 0.304. The van der Waals surface area contributed by atoms with Crippen LogP contribution in [0.5, 0.6) is 0 Å². The van der Waals surface area contributed by atoms with E-state index in [4.69, 9.17) is 0 Å². The van der Waals surface area contributed by atoms with Crippen molar-refractivity contribution in [1.82, 2.24) is 4.90 Å². The van der Waals surface area contributed by atoms with E-state index in [1.807, 2.05) is 68.3 Å². The summed E-state index contributed by atoms with van der Waals surface area (Å²) in [5, 5.41) is 0. The third-order valence-electron chi connectivity index (χ3n) is 4.02. The molecule has 0 N–H and O–H groups in total. The molecule has 0 saturated heterocycles. The number of rotatable bonds is 7. The molecule has 0 aliphatic carbocycles. The molecule has 0 amide bonds. The summed E-state index contributed by atoms with van der Waals surface area (Å²) >= 11 is -2.36. The summed E-state index contributed by atoms with van der Waals surface area (Å²) in [6, 6.07) is 13.4. The van der Waals surface area contributed by atoms with Gasteiger partial charge >= 0.3 is 0 Å². The Morgan fingerprint density at radius 1 is 1.16 bits per heavy atom. The van der Waals surface area contributed by atoms with Crippen LogP contribution in [-0.4, -0.2) is 33.6 Å². The zero-order valence-electron chi connectivity index (χ0n) is 15.1. The van der Waals surface area contributed by atoms with Crippen LogP contribution < -0.4 is 4.31 Å². The number of nitrogens with zero attached hydrogens (tertiary/aromatic N) is 3. The molecule has 6 heteroatoms. The fourth-order valence-electron chi connectivity index (χ4n) is 2.40. The van der Waals surface area contributed by atoms with Crippen molar-refractivity contribution in [1.29, 1.82) is 0 Å². The Morgan fingerprint density at radius 2 is 1.84 bits per heavy atom. The quantitative estimate of drug-likeness (QED) is 0.431. The summed E-state index contributed by atoms with van der Waals surface area (Å²) in [4.78, 5) is 6.48. The molecule has 2 aromatic rings. The van der Waals surface area contributed by atoms with E-state index < -0.39 is 11.3 Å². The highest BCUT2D eigenvalue weighted by molar-refractivity contribution is 7.80. The third kappa shape index (κ3) is 5.14. The Balaban J connectivity index is 2.34. The summed E-state index contributed by atoms with van der Waals surface area (Å²) in [6.45, 7) is 7.08. The van der Waals surface area contributed by atoms with Gasteiger partial charge in [-0.15, -0.1) is 0 Å². The maximum Gasteiger partial charge on any atom is 0.0909 e. The van der Waals surface area contributed by atoms with Crippen LogP contribution >= 0.6 is 0 Å². The molecule has 0 saturated carbocycles. The zero-order valence-corrected chi connectivity index (χ0v) is 15.9. The maximum absolute atomic E-state index is 11.8. The molecule has 2 aromatic carbocycles. The van der Waals surface area contributed by atoms with Gasteiger partial charge in [-0.2, -0.15) is 0 Å². The van der Waals surface area contributed by atoms with Crippen LogP contribution in [-0.2, 0) is 17.8 Å². The molecule has 25 heavy (non-hydrogen) atoms. The second-order valence-corrected chi connectivity index (χ2v) is 6.86. The Hall–Kier alpha value is -2.18. The summed E-state index contributed by atoms with van der Waals surface area (Å²) in [6.07, 6.45) is 1.79. The lowest BCUT2D eigenvalue weighted by molar-refractivity contribution is 0.531. The van der Waals surface area contributed by atoms with Gasteiger partial charge in [-0.3, -0.25) is 8.51 Å². The van der Waals surface area contributed by atoms with Crippen LogP contribution in [0, 0.1) is 13.8 Å². The van der Waals surface area contributed by atoms with Crippen LogP contribution in [0.15, 0.2) is 47.5 Å². The van der Waals surface area contributed by atoms with E-state index in [0.717, 1.165) is 28.9 Å². The van der Waals surface area contributed by atoms with E-state index in [2.05, 4.69) is 11.9 Å². The fourth-order valence-corrected chi connectivity index (χ4v) is 3.02. The Bertz CT molecular complexity index is 763. The molecule has 1 unspecified atom stereocenters. The van der Waals surface area contributed by atoms with E-state index >= 15 is 0 Å². The standard InChI is InChI=1S/C19H25N3O2S/c1-5-21(4)14-20-18-11-16(3)19(12-15(18)2)22(25(23)24)13-17-9-7-6-8-10-17/h6-12,14H,5,13H2,1-4H3,(H,23,24)/p-1. The minimum Gasteiger partial charge on any atom is -0.755 e. The van der Waals surface area contributed by atoms with Gasteiger partial charge < -0.3 is 9.45 Å². The first kappa shape index (κ1) is 19.1. The van der Waals surface area contributed by atoms with Gasteiger partial charge in [0.1, 0.15) is 0 Å². The normalized spacial score (nSPS) is 12.4. The molecule has 0 fully saturated rings. The highest BCUT2D eigenvalue weighted by Gasteiger charge is 2.13. The van der Waals surface area contributed by atoms with Gasteiger partial charge in [-0.25, -0.2) is 4.99 Å². The number of anilines is 1. The zero-order chi connectivity index (χ0) is 18.4. The second kappa shape index (κ2) is 8.78. The molecule has 0 heterocycles. The summed E-state index contributed by atoms with van der Waals surface area (Å²) in [7, 11) is 1.96. The maximum atomic E-state index is 11.8. The third-order valence-corrected chi connectivity index (χ3v) is 4.71. The van der Waals surface area contributed by atoms with Crippen molar-refractivity contribution in [2.45, 2.75) is 27.3 Å². The number of hydrogen-bond donors (Lipinski definition) is 0.